The van der Waals surface area contributed by atoms with Gasteiger partial charge in [-0.25, -0.2) is 4.79 Å². The molecular formula is C22H37N5O4. The first-order valence-corrected chi connectivity index (χ1v) is 11.2. The maximum atomic E-state index is 13.1. The van der Waals surface area contributed by atoms with Crippen molar-refractivity contribution in [1.82, 2.24) is 24.9 Å². The second kappa shape index (κ2) is 8.96. The van der Waals surface area contributed by atoms with E-state index in [1.54, 1.807) is 4.90 Å². The predicted molar refractivity (Wildman–Crippen MR) is 117 cm³/mol. The Morgan fingerprint density at radius 1 is 1.23 bits per heavy atom. The molecule has 3 amide bonds. The van der Waals surface area contributed by atoms with Crippen LogP contribution >= 0.6 is 0 Å². The van der Waals surface area contributed by atoms with Crippen molar-refractivity contribution in [2.75, 3.05) is 33.5 Å². The summed E-state index contributed by atoms with van der Waals surface area (Å²) >= 11 is 0. The Kier molecular flexibility index (Phi) is 6.71. The summed E-state index contributed by atoms with van der Waals surface area (Å²) in [5.41, 5.74) is 0.870. The van der Waals surface area contributed by atoms with E-state index in [1.807, 2.05) is 23.0 Å². The van der Waals surface area contributed by atoms with Gasteiger partial charge in [0.15, 0.2) is 0 Å². The quantitative estimate of drug-likeness (QED) is 0.662. The van der Waals surface area contributed by atoms with E-state index in [9.17, 15) is 19.5 Å². The van der Waals surface area contributed by atoms with E-state index in [0.29, 0.717) is 39.0 Å². The third kappa shape index (κ3) is 5.62. The van der Waals surface area contributed by atoms with Gasteiger partial charge in [-0.05, 0) is 37.0 Å². The summed E-state index contributed by atoms with van der Waals surface area (Å²) in [6, 6.07) is -0.620. The van der Waals surface area contributed by atoms with Crippen molar-refractivity contribution in [3.05, 3.63) is 11.9 Å². The number of rotatable bonds is 6. The number of likely N-dealkylation sites (tertiary alicyclic amines) is 1. The van der Waals surface area contributed by atoms with Gasteiger partial charge in [0.2, 0.25) is 5.91 Å². The van der Waals surface area contributed by atoms with Crippen molar-refractivity contribution >= 4 is 17.9 Å². The van der Waals surface area contributed by atoms with Crippen molar-refractivity contribution in [1.29, 1.82) is 0 Å². The number of fused-ring (bicyclic) bond motifs is 1. The fourth-order valence-corrected chi connectivity index (χ4v) is 5.18. The molecular weight excluding hydrogens is 398 g/mol. The first kappa shape index (κ1) is 23.2. The number of carboxylic acid groups (broad SMARTS) is 1. The number of hydrogen-bond acceptors (Lipinski definition) is 5. The summed E-state index contributed by atoms with van der Waals surface area (Å²) in [4.78, 5) is 44.9. The molecule has 3 heterocycles. The maximum Gasteiger partial charge on any atom is 0.405 e. The minimum atomic E-state index is -1.17. The zero-order valence-electron chi connectivity index (χ0n) is 19.4. The van der Waals surface area contributed by atoms with Crippen LogP contribution in [0.3, 0.4) is 0 Å². The van der Waals surface area contributed by atoms with E-state index in [0.717, 1.165) is 18.8 Å². The molecule has 3 aliphatic heterocycles. The number of nitrogens with zero attached hydrogens (tertiary/aromatic N) is 4. The number of carbonyl (C=O) groups excluding carboxylic acids is 2. The number of carbonyl (C=O) groups is 3. The second-order valence-electron chi connectivity index (χ2n) is 10.5. The molecule has 3 aliphatic rings. The second-order valence-corrected chi connectivity index (χ2v) is 10.5. The first-order valence-electron chi connectivity index (χ1n) is 11.2. The summed E-state index contributed by atoms with van der Waals surface area (Å²) in [5, 5.41) is 11.7. The minimum Gasteiger partial charge on any atom is -0.465 e. The highest BCUT2D eigenvalue weighted by Crippen LogP contribution is 2.30. The fraction of sp³-hybridized carbons (Fsp3) is 0.773. The zero-order chi connectivity index (χ0) is 22.9. The molecule has 2 atom stereocenters. The van der Waals surface area contributed by atoms with Crippen LogP contribution in [-0.4, -0.2) is 88.2 Å². The van der Waals surface area contributed by atoms with Crippen molar-refractivity contribution in [2.45, 2.75) is 65.5 Å². The predicted octanol–water partition coefficient (Wildman–Crippen LogP) is 1.92. The minimum absolute atomic E-state index is 0.0653. The van der Waals surface area contributed by atoms with E-state index in [1.165, 1.54) is 0 Å². The summed E-state index contributed by atoms with van der Waals surface area (Å²) in [5.74, 6) is 0.135. The maximum absolute atomic E-state index is 13.1. The van der Waals surface area contributed by atoms with Gasteiger partial charge in [-0.2, -0.15) is 0 Å². The SMILES string of the molecule is CC(C[C@@H](NC(=O)O)C(=O)N1CCC(N2CN3CN(C)C=C3C2=O)CC1)CC(C)(C)C. The van der Waals surface area contributed by atoms with E-state index in [-0.39, 0.29) is 29.2 Å². The molecule has 9 heteroatoms. The smallest absolute Gasteiger partial charge is 0.405 e. The molecule has 0 radical (unpaired) electrons. The van der Waals surface area contributed by atoms with E-state index in [4.69, 9.17) is 0 Å². The van der Waals surface area contributed by atoms with Gasteiger partial charge in [0.1, 0.15) is 11.7 Å². The van der Waals surface area contributed by atoms with Crippen LogP contribution in [0.15, 0.2) is 11.9 Å². The molecule has 0 aromatic heterocycles. The van der Waals surface area contributed by atoms with Crippen LogP contribution in [0.4, 0.5) is 4.79 Å². The molecule has 0 aliphatic carbocycles. The lowest BCUT2D eigenvalue weighted by molar-refractivity contribution is -0.136. The van der Waals surface area contributed by atoms with Gasteiger partial charge in [-0.1, -0.05) is 27.7 Å². The molecule has 2 N–H and O–H groups in total. The third-order valence-electron chi connectivity index (χ3n) is 6.29. The lowest BCUT2D eigenvalue weighted by Gasteiger charge is -2.38. The van der Waals surface area contributed by atoms with Gasteiger partial charge in [-0.3, -0.25) is 9.59 Å². The normalized spacial score (nSPS) is 21.8. The molecule has 1 unspecified atom stereocenters. The molecule has 0 spiro atoms. The van der Waals surface area contributed by atoms with Crippen LogP contribution in [0.5, 0.6) is 0 Å². The number of piperidine rings is 1. The Bertz CT molecular complexity index is 739. The summed E-state index contributed by atoms with van der Waals surface area (Å²) in [6.45, 7) is 10.9. The Morgan fingerprint density at radius 2 is 1.87 bits per heavy atom. The largest absolute Gasteiger partial charge is 0.465 e. The average molecular weight is 436 g/mol. The monoisotopic (exact) mass is 435 g/mol. The molecule has 174 valence electrons. The first-order chi connectivity index (χ1) is 14.4. The van der Waals surface area contributed by atoms with Crippen molar-refractivity contribution in [3.63, 3.8) is 0 Å². The van der Waals surface area contributed by atoms with Gasteiger partial charge in [-0.15, -0.1) is 0 Å². The van der Waals surface area contributed by atoms with Crippen molar-refractivity contribution in [3.8, 4) is 0 Å². The number of amides is 3. The van der Waals surface area contributed by atoms with E-state index in [2.05, 4.69) is 37.9 Å². The van der Waals surface area contributed by atoms with Gasteiger partial charge < -0.3 is 30.0 Å². The molecule has 2 fully saturated rings. The molecule has 31 heavy (non-hydrogen) atoms. The molecule has 9 nitrogen and oxygen atoms in total. The van der Waals surface area contributed by atoms with Crippen molar-refractivity contribution in [2.24, 2.45) is 11.3 Å². The highest BCUT2D eigenvalue weighted by atomic mass is 16.4. The lowest BCUT2D eigenvalue weighted by Crippen LogP contribution is -2.53. The molecule has 0 aromatic rings. The van der Waals surface area contributed by atoms with Crippen LogP contribution in [0.2, 0.25) is 0 Å². The highest BCUT2D eigenvalue weighted by molar-refractivity contribution is 5.95. The third-order valence-corrected chi connectivity index (χ3v) is 6.29. The average Bonchev–Trinajstić information content (AvgIpc) is 3.16. The molecule has 2 saturated heterocycles. The molecule has 0 aromatic carbocycles. The van der Waals surface area contributed by atoms with Crippen LogP contribution in [0, 0.1) is 11.3 Å². The zero-order valence-corrected chi connectivity index (χ0v) is 19.4. The van der Waals surface area contributed by atoms with E-state index < -0.39 is 12.1 Å². The highest BCUT2D eigenvalue weighted by Gasteiger charge is 2.41. The summed E-state index contributed by atoms with van der Waals surface area (Å²) < 4.78 is 0. The Balaban J connectivity index is 1.56. The van der Waals surface area contributed by atoms with Gasteiger partial charge in [0.05, 0.1) is 13.3 Å². The summed E-state index contributed by atoms with van der Waals surface area (Å²) in [7, 11) is 1.96. The molecule has 3 rings (SSSR count). The van der Waals surface area contributed by atoms with E-state index >= 15 is 0 Å². The van der Waals surface area contributed by atoms with Gasteiger partial charge in [0, 0.05) is 32.4 Å². The van der Waals surface area contributed by atoms with Crippen LogP contribution in [0.25, 0.3) is 0 Å². The van der Waals surface area contributed by atoms with Crippen LogP contribution < -0.4 is 5.32 Å². The Morgan fingerprint density at radius 3 is 2.42 bits per heavy atom. The Hall–Kier alpha value is -2.45. The molecule has 0 bridgehead atoms. The van der Waals surface area contributed by atoms with Gasteiger partial charge in [0.25, 0.3) is 5.91 Å². The lowest BCUT2D eigenvalue weighted by atomic mass is 9.82. The topological polar surface area (TPSA) is 96.4 Å². The Labute approximate surface area is 185 Å². The number of nitrogens with one attached hydrogen (secondary N) is 1. The van der Waals surface area contributed by atoms with Gasteiger partial charge >= 0.3 is 6.09 Å². The number of hydrogen-bond donors (Lipinski definition) is 2. The molecule has 0 saturated carbocycles. The fourth-order valence-electron chi connectivity index (χ4n) is 5.18. The van der Waals surface area contributed by atoms with Crippen LogP contribution in [0.1, 0.15) is 53.4 Å². The standard InChI is InChI=1S/C22H37N5O4/c1-15(11-22(2,3)4)10-17(23-21(30)31)19(28)25-8-6-16(7-9-25)27-14-26-13-24(5)12-18(26)20(27)29/h12,15-17,23H,6-11,13-14H2,1-5H3,(H,30,31)/t15?,17-/m1/s1. The summed E-state index contributed by atoms with van der Waals surface area (Å²) in [6.07, 6.45) is 3.56. The van der Waals surface area contributed by atoms with Crippen molar-refractivity contribution < 1.29 is 19.5 Å². The van der Waals surface area contributed by atoms with Crippen LogP contribution in [-0.2, 0) is 9.59 Å².